The molecule has 0 amide bonds. The Hall–Kier alpha value is -1.66. The van der Waals surface area contributed by atoms with E-state index in [9.17, 15) is 0 Å². The number of aromatic nitrogens is 3. The van der Waals surface area contributed by atoms with Crippen molar-refractivity contribution in [2.45, 2.75) is 39.3 Å². The van der Waals surface area contributed by atoms with Gasteiger partial charge in [-0.15, -0.1) is 0 Å². The van der Waals surface area contributed by atoms with Crippen molar-refractivity contribution in [3.8, 4) is 0 Å². The van der Waals surface area contributed by atoms with Gasteiger partial charge in [-0.3, -0.25) is 4.98 Å². The van der Waals surface area contributed by atoms with Crippen molar-refractivity contribution in [1.29, 1.82) is 0 Å². The molecule has 0 aliphatic rings. The molecular weight excluding hydrogens is 294 g/mol. The zero-order valence-corrected chi connectivity index (χ0v) is 14.9. The number of ether oxygens (including phenoxy) is 2. The zero-order chi connectivity index (χ0) is 16.2. The topological polar surface area (TPSA) is 49.2 Å². The molecule has 0 atom stereocenters. The van der Waals surface area contributed by atoms with E-state index < -0.39 is 8.07 Å². The second-order valence-corrected chi connectivity index (χ2v) is 12.1. The van der Waals surface area contributed by atoms with E-state index in [1.54, 1.807) is 18.6 Å². The summed E-state index contributed by atoms with van der Waals surface area (Å²) in [5.74, 6) is 0.615. The van der Waals surface area contributed by atoms with Crippen LogP contribution < -0.4 is 0 Å². The minimum absolute atomic E-state index is 0.435. The van der Waals surface area contributed by atoms with E-state index in [0.717, 1.165) is 29.1 Å². The van der Waals surface area contributed by atoms with Gasteiger partial charge in [0.05, 0.1) is 23.9 Å². The summed E-state index contributed by atoms with van der Waals surface area (Å²) >= 11 is 0. The van der Waals surface area contributed by atoms with Gasteiger partial charge in [-0.05, 0) is 13.0 Å². The highest BCUT2D eigenvalue weighted by Gasteiger charge is 2.14. The Morgan fingerprint density at radius 3 is 2.73 bits per heavy atom. The molecule has 0 aromatic carbocycles. The van der Waals surface area contributed by atoms with Crippen LogP contribution >= 0.6 is 0 Å². The first-order valence-corrected chi connectivity index (χ1v) is 11.3. The lowest BCUT2D eigenvalue weighted by atomic mass is 10.2. The van der Waals surface area contributed by atoms with Crippen molar-refractivity contribution in [3.05, 3.63) is 30.7 Å². The largest absolute Gasteiger partial charge is 0.494 e. The monoisotopic (exact) mass is 319 g/mol. The Morgan fingerprint density at radius 1 is 1.27 bits per heavy atom. The highest BCUT2D eigenvalue weighted by atomic mass is 28.3. The summed E-state index contributed by atoms with van der Waals surface area (Å²) < 4.78 is 13.2. The minimum Gasteiger partial charge on any atom is -0.494 e. The van der Waals surface area contributed by atoms with Crippen molar-refractivity contribution in [3.63, 3.8) is 0 Å². The summed E-state index contributed by atoms with van der Waals surface area (Å²) in [4.78, 5) is 4.23. The first-order chi connectivity index (χ1) is 10.4. The van der Waals surface area contributed by atoms with Gasteiger partial charge in [0.15, 0.2) is 0 Å². The second kappa shape index (κ2) is 7.06. The highest BCUT2D eigenvalue weighted by molar-refractivity contribution is 6.76. The van der Waals surface area contributed by atoms with Crippen LogP contribution in [0, 0.1) is 0 Å². The second-order valence-electron chi connectivity index (χ2n) is 6.47. The number of rotatable bonds is 8. The summed E-state index contributed by atoms with van der Waals surface area (Å²) in [5.41, 5.74) is 1.83. The van der Waals surface area contributed by atoms with E-state index >= 15 is 0 Å². The molecule has 22 heavy (non-hydrogen) atoms. The van der Waals surface area contributed by atoms with Gasteiger partial charge in [-0.2, -0.15) is 5.10 Å². The molecule has 120 valence electrons. The van der Waals surface area contributed by atoms with Crippen LogP contribution in [-0.2, 0) is 16.2 Å². The van der Waals surface area contributed by atoms with Gasteiger partial charge in [-0.1, -0.05) is 26.2 Å². The number of hydrogen-bond acceptors (Lipinski definition) is 4. The predicted molar refractivity (Wildman–Crippen MR) is 92.3 cm³/mol. The van der Waals surface area contributed by atoms with E-state index in [2.05, 4.69) is 36.3 Å². The lowest BCUT2D eigenvalue weighted by molar-refractivity contribution is 0.0816. The molecule has 6 heteroatoms. The predicted octanol–water partition coefficient (Wildman–Crippen LogP) is 3.75. The van der Waals surface area contributed by atoms with E-state index in [4.69, 9.17) is 9.47 Å². The molecule has 0 unspecified atom stereocenters. The average Bonchev–Trinajstić information content (AvgIpc) is 2.86. The van der Waals surface area contributed by atoms with Gasteiger partial charge in [0, 0.05) is 32.5 Å². The maximum Gasteiger partial charge on any atom is 0.140 e. The van der Waals surface area contributed by atoms with Crippen molar-refractivity contribution >= 4 is 24.7 Å². The normalized spacial score (nSPS) is 11.8. The molecule has 0 aliphatic heterocycles. The molecule has 0 N–H and O–H groups in total. The molecule has 2 aromatic heterocycles. The Bertz CT molecular complexity index is 646. The minimum atomic E-state index is -1.07. The molecule has 2 rings (SSSR count). The number of hydrogen-bond donors (Lipinski definition) is 0. The van der Waals surface area contributed by atoms with Crippen molar-refractivity contribution in [1.82, 2.24) is 14.8 Å². The molecule has 0 spiro atoms. The average molecular weight is 319 g/mol. The summed E-state index contributed by atoms with van der Waals surface area (Å²) in [6.07, 6.45) is 5.36. The lowest BCUT2D eigenvalue weighted by Crippen LogP contribution is -2.22. The Labute approximate surface area is 133 Å². The maximum atomic E-state index is 5.80. The van der Waals surface area contributed by atoms with Crippen LogP contribution in [0.3, 0.4) is 0 Å². The molecule has 0 radical (unpaired) electrons. The van der Waals surface area contributed by atoms with Crippen LogP contribution in [0.1, 0.15) is 12.5 Å². The quantitative estimate of drug-likeness (QED) is 0.422. The SMILES string of the molecule is C=C(OCC)c1cncc2cnn(COCC[Si](C)(C)C)c12. The van der Waals surface area contributed by atoms with Crippen LogP contribution in [0.5, 0.6) is 0 Å². The van der Waals surface area contributed by atoms with E-state index in [-0.39, 0.29) is 0 Å². The van der Waals surface area contributed by atoms with Gasteiger partial charge in [0.2, 0.25) is 0 Å². The molecule has 0 saturated heterocycles. The molecule has 2 heterocycles. The number of fused-ring (bicyclic) bond motifs is 1. The molecule has 0 aliphatic carbocycles. The van der Waals surface area contributed by atoms with Crippen LogP contribution in [0.25, 0.3) is 16.7 Å². The fourth-order valence-corrected chi connectivity index (χ4v) is 2.88. The Morgan fingerprint density at radius 2 is 2.05 bits per heavy atom. The van der Waals surface area contributed by atoms with Gasteiger partial charge in [-0.25, -0.2) is 4.68 Å². The maximum absolute atomic E-state index is 5.80. The third-order valence-corrected chi connectivity index (χ3v) is 5.07. The third kappa shape index (κ3) is 4.17. The van der Waals surface area contributed by atoms with E-state index in [1.807, 2.05) is 11.6 Å². The lowest BCUT2D eigenvalue weighted by Gasteiger charge is -2.16. The first-order valence-electron chi connectivity index (χ1n) is 7.61. The summed E-state index contributed by atoms with van der Waals surface area (Å²) in [7, 11) is -1.07. The highest BCUT2D eigenvalue weighted by Crippen LogP contribution is 2.24. The molecule has 0 bridgehead atoms. The first kappa shape index (κ1) is 16.7. The number of nitrogens with zero attached hydrogens (tertiary/aromatic N) is 3. The Balaban J connectivity index is 2.15. The molecule has 0 fully saturated rings. The van der Waals surface area contributed by atoms with Crippen LogP contribution in [0.15, 0.2) is 25.2 Å². The summed E-state index contributed by atoms with van der Waals surface area (Å²) in [6, 6.07) is 1.15. The van der Waals surface area contributed by atoms with E-state index in [0.29, 0.717) is 19.1 Å². The van der Waals surface area contributed by atoms with Crippen molar-refractivity contribution in [2.75, 3.05) is 13.2 Å². The van der Waals surface area contributed by atoms with Crippen LogP contribution in [0.2, 0.25) is 25.7 Å². The Kier molecular flexibility index (Phi) is 5.36. The van der Waals surface area contributed by atoms with Gasteiger partial charge in [0.1, 0.15) is 12.5 Å². The van der Waals surface area contributed by atoms with Gasteiger partial charge in [0.25, 0.3) is 0 Å². The van der Waals surface area contributed by atoms with Crippen molar-refractivity contribution in [2.24, 2.45) is 0 Å². The fourth-order valence-electron chi connectivity index (χ4n) is 2.13. The van der Waals surface area contributed by atoms with E-state index in [1.165, 1.54) is 0 Å². The zero-order valence-electron chi connectivity index (χ0n) is 13.9. The molecular formula is C16H25N3O2Si. The molecule has 2 aromatic rings. The fraction of sp³-hybridized carbons (Fsp3) is 0.500. The summed E-state index contributed by atoms with van der Waals surface area (Å²) in [5, 5.41) is 5.36. The molecule has 0 saturated carbocycles. The van der Waals surface area contributed by atoms with Gasteiger partial charge >= 0.3 is 0 Å². The smallest absolute Gasteiger partial charge is 0.140 e. The van der Waals surface area contributed by atoms with Crippen molar-refractivity contribution < 1.29 is 9.47 Å². The van der Waals surface area contributed by atoms with Crippen LogP contribution in [-0.4, -0.2) is 36.1 Å². The summed E-state index contributed by atoms with van der Waals surface area (Å²) in [6.45, 7) is 14.7. The van der Waals surface area contributed by atoms with Crippen LogP contribution in [0.4, 0.5) is 0 Å². The standard InChI is InChI=1S/C16H25N3O2Si/c1-6-21-13(2)15-11-17-9-14-10-18-19(16(14)15)12-20-7-8-22(3,4)5/h9-11H,2,6-8,12H2,1,3-5H3. The third-order valence-electron chi connectivity index (χ3n) is 3.37. The molecule has 5 nitrogen and oxygen atoms in total. The number of pyridine rings is 1. The van der Waals surface area contributed by atoms with Gasteiger partial charge < -0.3 is 9.47 Å².